The number of ether oxygens (including phenoxy) is 2. The molecule has 1 saturated heterocycles. The normalized spacial score (nSPS) is 22.3. The summed E-state index contributed by atoms with van der Waals surface area (Å²) in [4.78, 5) is 14.7. The van der Waals surface area contributed by atoms with E-state index in [0.717, 1.165) is 36.6 Å². The number of carbonyl (C=O) groups excluding carboxylic acids is 1. The topological polar surface area (TPSA) is 50.8 Å². The Morgan fingerprint density at radius 3 is 2.57 bits per heavy atom. The van der Waals surface area contributed by atoms with E-state index in [0.29, 0.717) is 18.4 Å². The van der Waals surface area contributed by atoms with Gasteiger partial charge in [0, 0.05) is 18.7 Å². The van der Waals surface area contributed by atoms with Gasteiger partial charge >= 0.3 is 0 Å². The molecule has 6 heteroatoms. The molecule has 2 fully saturated rings. The molecule has 1 amide bonds. The number of carbonyl (C=O) groups is 1. The van der Waals surface area contributed by atoms with E-state index < -0.39 is 0 Å². The number of rotatable bonds is 8. The van der Waals surface area contributed by atoms with Crippen LogP contribution in [-0.2, 0) is 4.79 Å². The summed E-state index contributed by atoms with van der Waals surface area (Å²) in [6.45, 7) is 6.24. The van der Waals surface area contributed by atoms with Crippen LogP contribution < -0.4 is 14.8 Å². The van der Waals surface area contributed by atoms with E-state index in [-0.39, 0.29) is 18.3 Å². The summed E-state index contributed by atoms with van der Waals surface area (Å²) in [5.74, 6) is 2.21. The van der Waals surface area contributed by atoms with Crippen molar-refractivity contribution in [3.63, 3.8) is 0 Å². The number of hydrogen-bond acceptors (Lipinski definition) is 4. The Morgan fingerprint density at radius 2 is 1.87 bits per heavy atom. The van der Waals surface area contributed by atoms with Crippen molar-refractivity contribution in [2.75, 3.05) is 33.4 Å². The van der Waals surface area contributed by atoms with Gasteiger partial charge in [0.2, 0.25) is 5.91 Å². The zero-order chi connectivity index (χ0) is 20.5. The Kier molecular flexibility index (Phi) is 10.5. The van der Waals surface area contributed by atoms with Crippen molar-refractivity contribution in [2.45, 2.75) is 57.9 Å². The first-order valence-corrected chi connectivity index (χ1v) is 11.2. The summed E-state index contributed by atoms with van der Waals surface area (Å²) < 4.78 is 11.4. The minimum Gasteiger partial charge on any atom is -0.493 e. The average molecular weight is 437 g/mol. The van der Waals surface area contributed by atoms with E-state index in [2.05, 4.69) is 17.1 Å². The number of amides is 1. The van der Waals surface area contributed by atoms with Gasteiger partial charge in [0.05, 0.1) is 7.11 Å². The summed E-state index contributed by atoms with van der Waals surface area (Å²) in [7, 11) is 1.65. The summed E-state index contributed by atoms with van der Waals surface area (Å²) in [5.41, 5.74) is 0.928. The second kappa shape index (κ2) is 12.9. The van der Waals surface area contributed by atoms with Gasteiger partial charge in [-0.3, -0.25) is 9.69 Å². The van der Waals surface area contributed by atoms with Gasteiger partial charge in [0.25, 0.3) is 0 Å². The maximum atomic E-state index is 12.2. The first-order chi connectivity index (χ1) is 14.1. The minimum atomic E-state index is -0.0228. The van der Waals surface area contributed by atoms with Crippen LogP contribution in [0.1, 0.15) is 57.4 Å². The molecular weight excluding hydrogens is 400 g/mol. The Bertz CT molecular complexity index is 681. The highest BCUT2D eigenvalue weighted by Crippen LogP contribution is 2.29. The van der Waals surface area contributed by atoms with Crippen LogP contribution in [0.2, 0.25) is 0 Å². The molecule has 5 nitrogen and oxygen atoms in total. The number of nitrogens with zero attached hydrogens (tertiary/aromatic N) is 1. The molecule has 0 unspecified atom stereocenters. The zero-order valence-electron chi connectivity index (χ0n) is 18.4. The number of piperidine rings is 1. The Balaban J connectivity index is 0.00000320. The van der Waals surface area contributed by atoms with Gasteiger partial charge in [0.15, 0.2) is 11.5 Å². The van der Waals surface area contributed by atoms with Gasteiger partial charge in [-0.1, -0.05) is 19.4 Å². The lowest BCUT2D eigenvalue weighted by molar-refractivity contribution is -0.117. The standard InChI is InChI=1S/C24H36N2O3.ClH/c1-19-6-10-21(11-7-19)25-24(27)13-9-20-8-12-22(23(18-20)28-2)29-17-16-26-14-4-3-5-15-26;/h8-9,12-13,18-19,21H,3-7,10-11,14-17H2,1-2H3,(H,25,27);1H/b13-9+;. The van der Waals surface area contributed by atoms with E-state index in [4.69, 9.17) is 9.47 Å². The van der Waals surface area contributed by atoms with Crippen molar-refractivity contribution in [2.24, 2.45) is 5.92 Å². The van der Waals surface area contributed by atoms with Gasteiger partial charge in [0.1, 0.15) is 6.61 Å². The lowest BCUT2D eigenvalue weighted by Gasteiger charge is -2.26. The molecule has 0 bridgehead atoms. The third-order valence-electron chi connectivity index (χ3n) is 6.09. The van der Waals surface area contributed by atoms with E-state index in [1.165, 1.54) is 45.2 Å². The molecule has 168 valence electrons. The highest BCUT2D eigenvalue weighted by Gasteiger charge is 2.18. The van der Waals surface area contributed by atoms with E-state index in [1.54, 1.807) is 13.2 Å². The molecule has 1 saturated carbocycles. The SMILES string of the molecule is COc1cc(/C=C/C(=O)NC2CCC(C)CC2)ccc1OCCN1CCCCC1.Cl. The predicted octanol–water partition coefficient (Wildman–Crippen LogP) is 4.69. The van der Waals surface area contributed by atoms with Crippen molar-refractivity contribution < 1.29 is 14.3 Å². The molecule has 1 aromatic rings. The largest absolute Gasteiger partial charge is 0.493 e. The molecule has 30 heavy (non-hydrogen) atoms. The fourth-order valence-electron chi connectivity index (χ4n) is 4.20. The van der Waals surface area contributed by atoms with Crippen molar-refractivity contribution in [1.82, 2.24) is 10.2 Å². The van der Waals surface area contributed by atoms with Gasteiger partial charge in [-0.15, -0.1) is 12.4 Å². The molecule has 1 aromatic carbocycles. The fourth-order valence-corrected chi connectivity index (χ4v) is 4.20. The number of nitrogens with one attached hydrogen (secondary N) is 1. The first kappa shape index (κ1) is 24.5. The van der Waals surface area contributed by atoms with Crippen molar-refractivity contribution >= 4 is 24.4 Å². The van der Waals surface area contributed by atoms with Gasteiger partial charge in [-0.2, -0.15) is 0 Å². The van der Waals surface area contributed by atoms with Crippen LogP contribution in [0, 0.1) is 5.92 Å². The molecule has 1 aliphatic carbocycles. The molecule has 3 rings (SSSR count). The predicted molar refractivity (Wildman–Crippen MR) is 125 cm³/mol. The van der Waals surface area contributed by atoms with Gasteiger partial charge in [-0.05, 0) is 81.3 Å². The quantitative estimate of drug-likeness (QED) is 0.600. The monoisotopic (exact) mass is 436 g/mol. The van der Waals surface area contributed by atoms with Crippen LogP contribution in [0.5, 0.6) is 11.5 Å². The molecule has 0 spiro atoms. The van der Waals surface area contributed by atoms with Crippen molar-refractivity contribution in [1.29, 1.82) is 0 Å². The summed E-state index contributed by atoms with van der Waals surface area (Å²) in [5, 5.41) is 3.12. The van der Waals surface area contributed by atoms with Crippen LogP contribution in [0.15, 0.2) is 24.3 Å². The summed E-state index contributed by atoms with van der Waals surface area (Å²) in [6.07, 6.45) is 11.9. The van der Waals surface area contributed by atoms with Crippen LogP contribution in [0.25, 0.3) is 6.08 Å². The average Bonchev–Trinajstić information content (AvgIpc) is 2.75. The molecule has 2 aliphatic rings. The number of likely N-dealkylation sites (tertiary alicyclic amines) is 1. The second-order valence-electron chi connectivity index (χ2n) is 8.46. The summed E-state index contributed by atoms with van der Waals surface area (Å²) >= 11 is 0. The highest BCUT2D eigenvalue weighted by molar-refractivity contribution is 5.92. The third-order valence-corrected chi connectivity index (χ3v) is 6.09. The molecule has 0 aromatic heterocycles. The lowest BCUT2D eigenvalue weighted by Crippen LogP contribution is -2.36. The Labute approximate surface area is 187 Å². The van der Waals surface area contributed by atoms with Crippen molar-refractivity contribution in [3.05, 3.63) is 29.8 Å². The molecule has 0 atom stereocenters. The second-order valence-corrected chi connectivity index (χ2v) is 8.46. The number of methoxy groups -OCH3 is 1. The highest BCUT2D eigenvalue weighted by atomic mass is 35.5. The van der Waals surface area contributed by atoms with Crippen LogP contribution in [0.3, 0.4) is 0 Å². The Hall–Kier alpha value is -1.72. The fraction of sp³-hybridized carbons (Fsp3) is 0.625. The maximum Gasteiger partial charge on any atom is 0.244 e. The smallest absolute Gasteiger partial charge is 0.244 e. The van der Waals surface area contributed by atoms with Crippen LogP contribution >= 0.6 is 12.4 Å². The minimum absolute atomic E-state index is 0. The molecule has 1 heterocycles. The van der Waals surface area contributed by atoms with E-state index >= 15 is 0 Å². The Morgan fingerprint density at radius 1 is 1.13 bits per heavy atom. The number of halogens is 1. The zero-order valence-corrected chi connectivity index (χ0v) is 19.2. The van der Waals surface area contributed by atoms with E-state index in [9.17, 15) is 4.79 Å². The first-order valence-electron chi connectivity index (χ1n) is 11.2. The molecule has 1 aliphatic heterocycles. The summed E-state index contributed by atoms with van der Waals surface area (Å²) in [6, 6.07) is 6.12. The molecule has 0 radical (unpaired) electrons. The number of benzene rings is 1. The van der Waals surface area contributed by atoms with Gasteiger partial charge < -0.3 is 14.8 Å². The van der Waals surface area contributed by atoms with Crippen LogP contribution in [-0.4, -0.2) is 50.2 Å². The lowest BCUT2D eigenvalue weighted by atomic mass is 9.87. The molecular formula is C24H37ClN2O3. The van der Waals surface area contributed by atoms with Gasteiger partial charge in [-0.25, -0.2) is 0 Å². The third kappa shape index (κ3) is 7.84. The van der Waals surface area contributed by atoms with Crippen molar-refractivity contribution in [3.8, 4) is 11.5 Å². The van der Waals surface area contributed by atoms with Crippen LogP contribution in [0.4, 0.5) is 0 Å². The maximum absolute atomic E-state index is 12.2. The molecule has 1 N–H and O–H groups in total. The van der Waals surface area contributed by atoms with E-state index in [1.807, 2.05) is 24.3 Å². The number of hydrogen-bond donors (Lipinski definition) is 1.